The molecule has 0 saturated carbocycles. The number of fused-ring (bicyclic) bond motifs is 1. The molecule has 6 heteroatoms. The summed E-state index contributed by atoms with van der Waals surface area (Å²) in [4.78, 5) is 14.4. The van der Waals surface area contributed by atoms with Crippen molar-refractivity contribution in [2.45, 2.75) is 38.2 Å². The van der Waals surface area contributed by atoms with Crippen molar-refractivity contribution >= 4 is 11.8 Å². The van der Waals surface area contributed by atoms with Crippen LogP contribution >= 0.6 is 0 Å². The Morgan fingerprint density at radius 3 is 2.28 bits per heavy atom. The summed E-state index contributed by atoms with van der Waals surface area (Å²) in [6, 6.07) is 22.7. The van der Waals surface area contributed by atoms with E-state index in [1.54, 1.807) is 13.1 Å². The second-order valence-corrected chi connectivity index (χ2v) is 8.00. The van der Waals surface area contributed by atoms with Gasteiger partial charge >= 0.3 is 6.09 Å². The van der Waals surface area contributed by atoms with Crippen molar-refractivity contribution in [3.05, 3.63) is 95.1 Å². The Morgan fingerprint density at radius 1 is 1.00 bits per heavy atom. The van der Waals surface area contributed by atoms with Crippen LogP contribution in [0.4, 0.5) is 10.5 Å². The number of ether oxygens (including phenoxy) is 2. The van der Waals surface area contributed by atoms with Gasteiger partial charge < -0.3 is 20.3 Å². The fourth-order valence-electron chi connectivity index (χ4n) is 4.00. The molecule has 2 atom stereocenters. The average molecular weight is 433 g/mol. The van der Waals surface area contributed by atoms with Gasteiger partial charge in [-0.15, -0.1) is 0 Å². The summed E-state index contributed by atoms with van der Waals surface area (Å²) in [7, 11) is 1.67. The van der Waals surface area contributed by atoms with Crippen molar-refractivity contribution in [3.8, 4) is 5.75 Å². The highest BCUT2D eigenvalue weighted by Gasteiger charge is 2.31. The van der Waals surface area contributed by atoms with Crippen LogP contribution in [0.3, 0.4) is 0 Å². The van der Waals surface area contributed by atoms with E-state index in [1.165, 1.54) is 4.90 Å². The first-order valence-electron chi connectivity index (χ1n) is 10.7. The van der Waals surface area contributed by atoms with E-state index in [2.05, 4.69) is 0 Å². The molecule has 0 aliphatic heterocycles. The van der Waals surface area contributed by atoms with Gasteiger partial charge in [0.2, 0.25) is 0 Å². The molecule has 3 N–H and O–H groups in total. The van der Waals surface area contributed by atoms with Crippen molar-refractivity contribution < 1.29 is 19.4 Å². The topological polar surface area (TPSA) is 85.0 Å². The van der Waals surface area contributed by atoms with Crippen molar-refractivity contribution in [2.75, 3.05) is 11.9 Å². The van der Waals surface area contributed by atoms with Crippen LogP contribution in [0.2, 0.25) is 0 Å². The van der Waals surface area contributed by atoms with Gasteiger partial charge in [0.1, 0.15) is 19.0 Å². The molecule has 0 aromatic heterocycles. The molecule has 1 aliphatic carbocycles. The van der Waals surface area contributed by atoms with E-state index < -0.39 is 12.2 Å². The maximum Gasteiger partial charge on any atom is 0.414 e. The highest BCUT2D eigenvalue weighted by atomic mass is 16.6. The predicted molar refractivity (Wildman–Crippen MR) is 124 cm³/mol. The number of hydrogen-bond donors (Lipinski definition) is 2. The zero-order valence-electron chi connectivity index (χ0n) is 18.1. The van der Waals surface area contributed by atoms with Crippen molar-refractivity contribution in [3.63, 3.8) is 0 Å². The third-order valence-corrected chi connectivity index (χ3v) is 5.79. The number of carbonyl (C=O) groups is 1. The number of anilines is 1. The van der Waals surface area contributed by atoms with Gasteiger partial charge in [-0.05, 0) is 41.2 Å². The molecule has 3 aromatic carbocycles. The zero-order valence-corrected chi connectivity index (χ0v) is 18.1. The Labute approximate surface area is 188 Å². The second-order valence-electron chi connectivity index (χ2n) is 8.00. The lowest BCUT2D eigenvalue weighted by Crippen LogP contribution is -2.35. The molecule has 3 aromatic rings. The fourth-order valence-corrected chi connectivity index (χ4v) is 4.00. The van der Waals surface area contributed by atoms with Crippen molar-refractivity contribution in [1.82, 2.24) is 0 Å². The molecule has 6 nitrogen and oxygen atoms in total. The third kappa shape index (κ3) is 4.77. The molecule has 32 heavy (non-hydrogen) atoms. The van der Waals surface area contributed by atoms with E-state index in [4.69, 9.17) is 15.2 Å². The standard InChI is InChI=1S/C26H28N2O4/c1-28(26(30)32-17-19-10-6-3-7-11-19)24-20-12-14-22(27)25(29)21(20)13-15-23(24)31-16-18-8-4-2-5-9-18/h2-11,13,15,22,25,29H,12,14,16-17,27H2,1H3. The first kappa shape index (κ1) is 21.9. The summed E-state index contributed by atoms with van der Waals surface area (Å²) >= 11 is 0. The minimum Gasteiger partial charge on any atom is -0.487 e. The maximum absolute atomic E-state index is 12.9. The third-order valence-electron chi connectivity index (χ3n) is 5.79. The van der Waals surface area contributed by atoms with E-state index in [1.807, 2.05) is 66.7 Å². The van der Waals surface area contributed by atoms with E-state index >= 15 is 0 Å². The van der Waals surface area contributed by atoms with E-state index in [9.17, 15) is 9.90 Å². The van der Waals surface area contributed by atoms with Gasteiger partial charge in [0.25, 0.3) is 0 Å². The molecule has 0 radical (unpaired) electrons. The van der Waals surface area contributed by atoms with Crippen LogP contribution in [0.15, 0.2) is 72.8 Å². The van der Waals surface area contributed by atoms with Crippen molar-refractivity contribution in [1.29, 1.82) is 0 Å². The first-order chi connectivity index (χ1) is 15.5. The van der Waals surface area contributed by atoms with Crippen molar-refractivity contribution in [2.24, 2.45) is 5.73 Å². The molecule has 0 spiro atoms. The molecule has 2 unspecified atom stereocenters. The summed E-state index contributed by atoms with van der Waals surface area (Å²) in [6.07, 6.45) is -0.0108. The lowest BCUT2D eigenvalue weighted by Gasteiger charge is -2.32. The number of hydrogen-bond acceptors (Lipinski definition) is 5. The van der Waals surface area contributed by atoms with Gasteiger partial charge in [-0.2, -0.15) is 0 Å². The number of aliphatic hydroxyl groups excluding tert-OH is 1. The zero-order chi connectivity index (χ0) is 22.5. The predicted octanol–water partition coefficient (Wildman–Crippen LogP) is 4.35. The Morgan fingerprint density at radius 2 is 1.62 bits per heavy atom. The van der Waals surface area contributed by atoms with Gasteiger partial charge in [-0.1, -0.05) is 66.7 Å². The van der Waals surface area contributed by atoms with Crippen LogP contribution in [0.1, 0.15) is 34.8 Å². The lowest BCUT2D eigenvalue weighted by atomic mass is 9.85. The average Bonchev–Trinajstić information content (AvgIpc) is 2.84. The van der Waals surface area contributed by atoms with Crippen LogP contribution in [0, 0.1) is 0 Å². The smallest absolute Gasteiger partial charge is 0.414 e. The number of carbonyl (C=O) groups excluding carboxylic acids is 1. The van der Waals surface area contributed by atoms with Crippen LogP contribution in [-0.2, 0) is 24.4 Å². The van der Waals surface area contributed by atoms with Gasteiger partial charge in [0.15, 0.2) is 0 Å². The number of benzene rings is 3. The second kappa shape index (κ2) is 9.85. The molecule has 0 saturated heterocycles. The number of nitrogens with two attached hydrogens (primary N) is 1. The molecule has 0 bridgehead atoms. The van der Waals surface area contributed by atoms with Gasteiger partial charge in [0, 0.05) is 13.1 Å². The minimum absolute atomic E-state index is 0.173. The number of rotatable bonds is 6. The van der Waals surface area contributed by atoms with E-state index in [-0.39, 0.29) is 12.6 Å². The number of amides is 1. The monoisotopic (exact) mass is 432 g/mol. The van der Waals surface area contributed by atoms with Crippen LogP contribution in [-0.4, -0.2) is 24.3 Å². The number of aliphatic hydroxyl groups is 1. The maximum atomic E-state index is 12.9. The lowest BCUT2D eigenvalue weighted by molar-refractivity contribution is 0.133. The Bertz CT molecular complexity index is 1060. The summed E-state index contributed by atoms with van der Waals surface area (Å²) in [5, 5.41) is 10.6. The summed E-state index contributed by atoms with van der Waals surface area (Å²) in [5.41, 5.74) is 10.2. The Kier molecular flexibility index (Phi) is 6.73. The Balaban J connectivity index is 1.61. The van der Waals surface area contributed by atoms with E-state index in [0.29, 0.717) is 30.9 Å². The SMILES string of the molecule is CN(C(=O)OCc1ccccc1)c1c(OCc2ccccc2)ccc2c1CCC(N)C2O. The molecule has 1 amide bonds. The van der Waals surface area contributed by atoms with E-state index in [0.717, 1.165) is 22.3 Å². The molecule has 4 rings (SSSR count). The van der Waals surface area contributed by atoms with Crippen LogP contribution in [0.25, 0.3) is 0 Å². The van der Waals surface area contributed by atoms with Crippen LogP contribution < -0.4 is 15.4 Å². The molecular formula is C26H28N2O4. The molecule has 0 heterocycles. The largest absolute Gasteiger partial charge is 0.487 e. The molecular weight excluding hydrogens is 404 g/mol. The number of nitrogens with zero attached hydrogens (tertiary/aromatic N) is 1. The first-order valence-corrected chi connectivity index (χ1v) is 10.7. The van der Waals surface area contributed by atoms with Gasteiger partial charge in [-0.25, -0.2) is 4.79 Å². The highest BCUT2D eigenvalue weighted by molar-refractivity contribution is 5.91. The molecule has 0 fully saturated rings. The normalized spacial score (nSPS) is 17.3. The van der Waals surface area contributed by atoms with Gasteiger partial charge in [0.05, 0.1) is 11.8 Å². The quantitative estimate of drug-likeness (QED) is 0.605. The minimum atomic E-state index is -0.783. The summed E-state index contributed by atoms with van der Waals surface area (Å²) in [6.45, 7) is 0.536. The fraction of sp³-hybridized carbons (Fsp3) is 0.269. The summed E-state index contributed by atoms with van der Waals surface area (Å²) < 4.78 is 11.7. The molecule has 1 aliphatic rings. The molecule has 166 valence electrons. The van der Waals surface area contributed by atoms with Gasteiger partial charge in [-0.3, -0.25) is 4.90 Å². The van der Waals surface area contributed by atoms with Crippen LogP contribution in [0.5, 0.6) is 5.75 Å². The highest BCUT2D eigenvalue weighted by Crippen LogP contribution is 2.41. The Hall–Kier alpha value is -3.35. The summed E-state index contributed by atoms with van der Waals surface area (Å²) in [5.74, 6) is 0.564.